The molecule has 0 amide bonds. The highest BCUT2D eigenvalue weighted by Crippen LogP contribution is 1.81. The summed E-state index contributed by atoms with van der Waals surface area (Å²) in [5, 5.41) is 32.0. The lowest BCUT2D eigenvalue weighted by atomic mass is 10.4. The monoisotopic (exact) mass is 372 g/mol. The van der Waals surface area contributed by atoms with Crippen LogP contribution in [0.15, 0.2) is 0 Å². The Hall–Kier alpha value is -2.19. The summed E-state index contributed by atoms with van der Waals surface area (Å²) < 4.78 is 35.9. The van der Waals surface area contributed by atoms with E-state index in [1.807, 2.05) is 0 Å². The van der Waals surface area contributed by atoms with Crippen LogP contribution in [0.4, 0.5) is 0 Å². The number of carboxylic acids is 1. The molecule has 0 spiro atoms. The van der Waals surface area contributed by atoms with Gasteiger partial charge in [-0.15, -0.1) is 12.8 Å². The number of carboxylic acid groups (broad SMARTS) is 1. The van der Waals surface area contributed by atoms with Crippen LogP contribution in [-0.2, 0) is 24.7 Å². The van der Waals surface area contributed by atoms with E-state index in [9.17, 15) is 4.79 Å². The topological polar surface area (TPSA) is 199 Å². The second-order valence-corrected chi connectivity index (χ2v) is 4.42. The van der Waals surface area contributed by atoms with E-state index in [1.54, 1.807) is 5.92 Å². The number of terminal acetylenes is 2. The number of aliphatic hydroxyl groups excluding tert-OH is 3. The van der Waals surface area contributed by atoms with Crippen LogP contribution in [0.3, 0.4) is 0 Å². The van der Waals surface area contributed by atoms with E-state index in [1.165, 1.54) is 19.8 Å². The Bertz CT molecular complexity index is 500. The Morgan fingerprint density at radius 2 is 1.38 bits per heavy atom. The highest BCUT2D eigenvalue weighted by atomic mass is 32.3. The van der Waals surface area contributed by atoms with Crippen molar-refractivity contribution in [1.29, 1.82) is 0 Å². The molecule has 0 aliphatic carbocycles. The SMILES string of the molecule is C#CC(=O)O.C#CC(=O)OCC(C)O.CC(O)CO.O=S(=O)(O)O. The molecular weight excluding hydrogens is 352 g/mol. The minimum Gasteiger partial charge on any atom is -0.472 e. The molecule has 0 aromatic rings. The number of rotatable bonds is 3. The van der Waals surface area contributed by atoms with Crippen LogP contribution in [-0.4, -0.2) is 75.3 Å². The molecule has 2 atom stereocenters. The van der Waals surface area contributed by atoms with E-state index in [-0.39, 0.29) is 13.2 Å². The fourth-order valence-corrected chi connectivity index (χ4v) is 0.238. The Labute approximate surface area is 139 Å². The van der Waals surface area contributed by atoms with Gasteiger partial charge in [-0.25, -0.2) is 9.59 Å². The smallest absolute Gasteiger partial charge is 0.394 e. The van der Waals surface area contributed by atoms with Crippen LogP contribution in [0.5, 0.6) is 0 Å². The normalized spacial score (nSPS) is 11.0. The van der Waals surface area contributed by atoms with Gasteiger partial charge in [-0.2, -0.15) is 8.42 Å². The molecule has 2 unspecified atom stereocenters. The van der Waals surface area contributed by atoms with Crippen molar-refractivity contribution in [2.45, 2.75) is 26.1 Å². The van der Waals surface area contributed by atoms with Gasteiger partial charge in [0.2, 0.25) is 0 Å². The van der Waals surface area contributed by atoms with Crippen LogP contribution in [0.1, 0.15) is 13.8 Å². The van der Waals surface area contributed by atoms with Crippen molar-refractivity contribution in [2.75, 3.05) is 13.2 Å². The molecule has 12 heteroatoms. The average molecular weight is 372 g/mol. The maximum Gasteiger partial charge on any atom is 0.394 e. The predicted molar refractivity (Wildman–Crippen MR) is 80.9 cm³/mol. The molecule has 0 saturated carbocycles. The Kier molecular flexibility index (Phi) is 23.4. The first-order chi connectivity index (χ1) is 10.7. The van der Waals surface area contributed by atoms with Crippen molar-refractivity contribution in [2.24, 2.45) is 0 Å². The largest absolute Gasteiger partial charge is 0.472 e. The maximum absolute atomic E-state index is 10.1. The highest BCUT2D eigenvalue weighted by molar-refractivity contribution is 7.79. The molecule has 0 aliphatic heterocycles. The summed E-state index contributed by atoms with van der Waals surface area (Å²) in [5.74, 6) is 1.24. The molecule has 6 N–H and O–H groups in total. The lowest BCUT2D eigenvalue weighted by Gasteiger charge is -2.01. The van der Waals surface area contributed by atoms with E-state index < -0.39 is 34.5 Å². The number of carbonyl (C=O) groups is 2. The number of ether oxygens (including phenoxy) is 1. The van der Waals surface area contributed by atoms with Gasteiger partial charge < -0.3 is 25.2 Å². The zero-order valence-electron chi connectivity index (χ0n) is 12.9. The van der Waals surface area contributed by atoms with Crippen LogP contribution >= 0.6 is 0 Å². The summed E-state index contributed by atoms with van der Waals surface area (Å²) in [6.45, 7) is 2.85. The summed E-state index contributed by atoms with van der Waals surface area (Å²) in [6.07, 6.45) is 7.76. The van der Waals surface area contributed by atoms with Crippen LogP contribution < -0.4 is 0 Å². The van der Waals surface area contributed by atoms with E-state index in [0.717, 1.165) is 0 Å². The molecule has 0 aromatic heterocycles. The summed E-state index contributed by atoms with van der Waals surface area (Å²) in [4.78, 5) is 19.3. The standard InChI is InChI=1S/C6H8O3.C3H8O2.C3H2O2.H2O4S/c1-3-6(8)9-4-5(2)7;1-3(5)2-4;1-2-3(4)5;1-5(2,3)4/h1,5,7H,4H2,2H3;3-5H,2H2,1H3;1H,(H,4,5);(H2,1,2,3,4). The van der Waals surface area contributed by atoms with Gasteiger partial charge in [-0.3, -0.25) is 9.11 Å². The summed E-state index contributed by atoms with van der Waals surface area (Å²) in [7, 11) is -4.67. The van der Waals surface area contributed by atoms with Crippen molar-refractivity contribution in [3.05, 3.63) is 0 Å². The van der Waals surface area contributed by atoms with E-state index in [2.05, 4.69) is 17.6 Å². The quantitative estimate of drug-likeness (QED) is 0.138. The first-order valence-corrected chi connectivity index (χ1v) is 7.10. The van der Waals surface area contributed by atoms with Crippen LogP contribution in [0.2, 0.25) is 0 Å². The molecule has 0 bridgehead atoms. The van der Waals surface area contributed by atoms with Gasteiger partial charge in [0.05, 0.1) is 18.8 Å². The lowest BCUT2D eigenvalue weighted by molar-refractivity contribution is -0.139. The van der Waals surface area contributed by atoms with Gasteiger partial charge in [-0.05, 0) is 13.8 Å². The number of aliphatic carboxylic acids is 1. The maximum atomic E-state index is 10.1. The van der Waals surface area contributed by atoms with Gasteiger partial charge in [0.15, 0.2) is 0 Å². The number of aliphatic hydroxyl groups is 3. The minimum absolute atomic E-state index is 0.0387. The van der Waals surface area contributed by atoms with Gasteiger partial charge in [0.25, 0.3) is 0 Å². The third-order valence-corrected chi connectivity index (χ3v) is 0.961. The molecule has 0 aliphatic rings. The summed E-state index contributed by atoms with van der Waals surface area (Å²) >= 11 is 0. The molecule has 140 valence electrons. The predicted octanol–water partition coefficient (Wildman–Crippen LogP) is -2.05. The van der Waals surface area contributed by atoms with Crippen LogP contribution in [0.25, 0.3) is 0 Å². The third kappa shape index (κ3) is 90.3. The molecule has 0 aromatic carbocycles. The first-order valence-electron chi connectivity index (χ1n) is 5.70. The van der Waals surface area contributed by atoms with E-state index >= 15 is 0 Å². The van der Waals surface area contributed by atoms with Gasteiger partial charge in [0.1, 0.15) is 6.61 Å². The first kappa shape index (κ1) is 29.8. The zero-order chi connectivity index (χ0) is 20.3. The van der Waals surface area contributed by atoms with Crippen molar-refractivity contribution in [1.82, 2.24) is 0 Å². The Morgan fingerprint density at radius 1 is 1.08 bits per heavy atom. The van der Waals surface area contributed by atoms with Gasteiger partial charge >= 0.3 is 22.3 Å². The fraction of sp³-hybridized carbons (Fsp3) is 0.500. The molecule has 0 heterocycles. The summed E-state index contributed by atoms with van der Waals surface area (Å²) in [5.41, 5.74) is 0. The van der Waals surface area contributed by atoms with Crippen LogP contribution in [0, 0.1) is 24.7 Å². The lowest BCUT2D eigenvalue weighted by Crippen LogP contribution is -2.13. The Balaban J connectivity index is -0.000000116. The Morgan fingerprint density at radius 3 is 1.50 bits per heavy atom. The van der Waals surface area contributed by atoms with Crippen molar-refractivity contribution in [3.63, 3.8) is 0 Å². The average Bonchev–Trinajstić information content (AvgIpc) is 2.44. The summed E-state index contributed by atoms with van der Waals surface area (Å²) in [6, 6.07) is 0. The highest BCUT2D eigenvalue weighted by Gasteiger charge is 1.98. The zero-order valence-corrected chi connectivity index (χ0v) is 13.7. The second kappa shape index (κ2) is 18.9. The van der Waals surface area contributed by atoms with Crippen molar-refractivity contribution in [3.8, 4) is 24.7 Å². The molecule has 24 heavy (non-hydrogen) atoms. The van der Waals surface area contributed by atoms with Gasteiger partial charge in [-0.1, -0.05) is 0 Å². The second-order valence-electron chi connectivity index (χ2n) is 3.52. The fourth-order valence-electron chi connectivity index (χ4n) is 0.238. The molecule has 0 radical (unpaired) electrons. The number of hydrogen-bond donors (Lipinski definition) is 6. The third-order valence-electron chi connectivity index (χ3n) is 0.961. The van der Waals surface area contributed by atoms with Gasteiger partial charge in [0, 0.05) is 11.8 Å². The molecular formula is C12H20O11S. The number of esters is 1. The van der Waals surface area contributed by atoms with Crippen molar-refractivity contribution >= 4 is 22.3 Å². The molecule has 0 saturated heterocycles. The number of hydrogen-bond acceptors (Lipinski definition) is 8. The molecule has 11 nitrogen and oxygen atoms in total. The van der Waals surface area contributed by atoms with Crippen molar-refractivity contribution < 1.29 is 52.3 Å². The number of carbonyl (C=O) groups excluding carboxylic acids is 1. The van der Waals surface area contributed by atoms with E-state index in [0.29, 0.717) is 0 Å². The molecule has 0 fully saturated rings. The van der Waals surface area contributed by atoms with E-state index in [4.69, 9.17) is 42.7 Å². The minimum atomic E-state index is -4.67. The molecule has 0 rings (SSSR count).